The van der Waals surface area contributed by atoms with Gasteiger partial charge in [-0.1, -0.05) is 12.2 Å². The van der Waals surface area contributed by atoms with E-state index in [0.29, 0.717) is 13.1 Å². The van der Waals surface area contributed by atoms with Crippen LogP contribution in [-0.2, 0) is 24.2 Å². The van der Waals surface area contributed by atoms with Gasteiger partial charge in [-0.25, -0.2) is 8.42 Å². The molecule has 0 bridgehead atoms. The van der Waals surface area contributed by atoms with Crippen molar-refractivity contribution in [2.24, 2.45) is 5.92 Å². The molecular weight excluding hydrogens is 282 g/mol. The van der Waals surface area contributed by atoms with Gasteiger partial charge >= 0.3 is 5.97 Å². The molecule has 1 unspecified atom stereocenters. The van der Waals surface area contributed by atoms with Gasteiger partial charge in [0.15, 0.2) is 16.4 Å². The third kappa shape index (κ3) is 4.96. The first kappa shape index (κ1) is 16.7. The Hall–Kier alpha value is -1.37. The van der Waals surface area contributed by atoms with Crippen molar-refractivity contribution in [2.45, 2.75) is 20.3 Å². The summed E-state index contributed by atoms with van der Waals surface area (Å²) in [5.41, 5.74) is 0.841. The number of likely N-dealkylation sites (N-methyl/N-ethyl adjacent to an activating group) is 1. The topological polar surface area (TPSA) is 80.8 Å². The number of esters is 1. The molecule has 0 saturated carbocycles. The molecule has 0 aromatic carbocycles. The van der Waals surface area contributed by atoms with E-state index in [1.165, 1.54) is 4.90 Å². The molecule has 0 aromatic rings. The molecule has 0 radical (unpaired) electrons. The van der Waals surface area contributed by atoms with Gasteiger partial charge in [-0.3, -0.25) is 9.59 Å². The second-order valence-corrected chi connectivity index (χ2v) is 7.30. The quantitative estimate of drug-likeness (QED) is 0.524. The Labute approximate surface area is 119 Å². The maximum Gasteiger partial charge on any atom is 0.310 e. The molecule has 114 valence electrons. The Bertz CT molecular complexity index is 497. The van der Waals surface area contributed by atoms with Crippen molar-refractivity contribution in [3.63, 3.8) is 0 Å². The normalized spacial score (nSPS) is 20.4. The van der Waals surface area contributed by atoms with E-state index >= 15 is 0 Å². The van der Waals surface area contributed by atoms with E-state index in [0.717, 1.165) is 5.57 Å². The molecule has 0 aliphatic carbocycles. The van der Waals surface area contributed by atoms with Gasteiger partial charge in [-0.15, -0.1) is 0 Å². The van der Waals surface area contributed by atoms with Gasteiger partial charge in [0.05, 0.1) is 17.4 Å². The largest absolute Gasteiger partial charge is 0.455 e. The second-order valence-electron chi connectivity index (χ2n) is 5.07. The van der Waals surface area contributed by atoms with Gasteiger partial charge in [0.2, 0.25) is 0 Å². The number of ether oxygens (including phenoxy) is 1. The zero-order valence-corrected chi connectivity index (χ0v) is 12.7. The van der Waals surface area contributed by atoms with Crippen molar-refractivity contribution in [1.82, 2.24) is 4.90 Å². The fraction of sp³-hybridized carbons (Fsp3) is 0.692. The molecule has 1 rings (SSSR count). The minimum absolute atomic E-state index is 0.0114. The summed E-state index contributed by atoms with van der Waals surface area (Å²) in [6.07, 6.45) is 0.276. The lowest BCUT2D eigenvalue weighted by Crippen LogP contribution is -2.36. The van der Waals surface area contributed by atoms with Crippen LogP contribution in [0.4, 0.5) is 0 Å². The molecule has 1 saturated heterocycles. The van der Waals surface area contributed by atoms with Crippen LogP contribution in [0.5, 0.6) is 0 Å². The number of hydrogen-bond donors (Lipinski definition) is 0. The third-order valence-electron chi connectivity index (χ3n) is 3.10. The molecule has 1 atom stereocenters. The maximum absolute atomic E-state index is 11.8. The lowest BCUT2D eigenvalue weighted by molar-refractivity contribution is -0.154. The highest BCUT2D eigenvalue weighted by Gasteiger charge is 2.34. The van der Waals surface area contributed by atoms with Crippen LogP contribution in [0.2, 0.25) is 0 Å². The SMILES string of the molecule is C=C(C)CN(CC)C(=O)COC(=O)C1CCS(=O)(=O)C1. The third-order valence-corrected chi connectivity index (χ3v) is 4.87. The van der Waals surface area contributed by atoms with Crippen LogP contribution in [0.25, 0.3) is 0 Å². The lowest BCUT2D eigenvalue weighted by Gasteiger charge is -2.21. The van der Waals surface area contributed by atoms with Crippen LogP contribution in [-0.4, -0.2) is 56.4 Å². The highest BCUT2D eigenvalue weighted by Crippen LogP contribution is 2.19. The standard InChI is InChI=1S/C13H21NO5S/c1-4-14(7-10(2)3)12(15)8-19-13(16)11-5-6-20(17,18)9-11/h11H,2,4-9H2,1,3H3. The van der Waals surface area contributed by atoms with E-state index in [1.54, 1.807) is 0 Å². The second kappa shape index (κ2) is 6.88. The summed E-state index contributed by atoms with van der Waals surface area (Å²) in [6.45, 7) is 7.94. The summed E-state index contributed by atoms with van der Waals surface area (Å²) in [5, 5.41) is 0. The Morgan fingerprint density at radius 2 is 2.05 bits per heavy atom. The van der Waals surface area contributed by atoms with Crippen molar-refractivity contribution < 1.29 is 22.7 Å². The Morgan fingerprint density at radius 1 is 1.40 bits per heavy atom. The lowest BCUT2D eigenvalue weighted by atomic mass is 10.1. The number of carbonyl (C=O) groups excluding carboxylic acids is 2. The number of amides is 1. The number of hydrogen-bond acceptors (Lipinski definition) is 5. The van der Waals surface area contributed by atoms with Gasteiger partial charge in [0.25, 0.3) is 5.91 Å². The van der Waals surface area contributed by atoms with Crippen molar-refractivity contribution >= 4 is 21.7 Å². The fourth-order valence-electron chi connectivity index (χ4n) is 2.03. The van der Waals surface area contributed by atoms with Crippen LogP contribution >= 0.6 is 0 Å². The van der Waals surface area contributed by atoms with Crippen molar-refractivity contribution in [3.8, 4) is 0 Å². The Kier molecular flexibility index (Phi) is 5.74. The van der Waals surface area contributed by atoms with Gasteiger partial charge in [-0.05, 0) is 20.3 Å². The monoisotopic (exact) mass is 303 g/mol. The molecular formula is C13H21NO5S. The fourth-order valence-corrected chi connectivity index (χ4v) is 3.75. The summed E-state index contributed by atoms with van der Waals surface area (Å²) in [7, 11) is -3.12. The van der Waals surface area contributed by atoms with E-state index in [1.807, 2.05) is 13.8 Å². The van der Waals surface area contributed by atoms with Gasteiger partial charge in [-0.2, -0.15) is 0 Å². The zero-order chi connectivity index (χ0) is 15.3. The molecule has 20 heavy (non-hydrogen) atoms. The summed E-state index contributed by atoms with van der Waals surface area (Å²) in [5.74, 6) is -1.71. The number of sulfone groups is 1. The smallest absolute Gasteiger partial charge is 0.310 e. The Balaban J connectivity index is 2.44. The van der Waals surface area contributed by atoms with Crippen LogP contribution in [0.3, 0.4) is 0 Å². The number of rotatable bonds is 6. The molecule has 7 heteroatoms. The minimum atomic E-state index is -3.12. The first-order chi connectivity index (χ1) is 9.25. The van der Waals surface area contributed by atoms with E-state index in [9.17, 15) is 18.0 Å². The average molecular weight is 303 g/mol. The van der Waals surface area contributed by atoms with E-state index in [2.05, 4.69) is 6.58 Å². The summed E-state index contributed by atoms with van der Waals surface area (Å²) in [6, 6.07) is 0. The highest BCUT2D eigenvalue weighted by atomic mass is 32.2. The molecule has 1 amide bonds. The van der Waals surface area contributed by atoms with Crippen molar-refractivity contribution in [3.05, 3.63) is 12.2 Å². The minimum Gasteiger partial charge on any atom is -0.455 e. The van der Waals surface area contributed by atoms with Gasteiger partial charge in [0.1, 0.15) is 0 Å². The van der Waals surface area contributed by atoms with Crippen molar-refractivity contribution in [2.75, 3.05) is 31.2 Å². The molecule has 1 aliphatic rings. The molecule has 0 spiro atoms. The van der Waals surface area contributed by atoms with Crippen LogP contribution < -0.4 is 0 Å². The molecule has 1 heterocycles. The molecule has 0 N–H and O–H groups in total. The average Bonchev–Trinajstić information content (AvgIpc) is 2.72. The number of nitrogens with zero attached hydrogens (tertiary/aromatic N) is 1. The van der Waals surface area contributed by atoms with Gasteiger partial charge < -0.3 is 9.64 Å². The summed E-state index contributed by atoms with van der Waals surface area (Å²) < 4.78 is 27.5. The summed E-state index contributed by atoms with van der Waals surface area (Å²) >= 11 is 0. The van der Waals surface area contributed by atoms with Crippen LogP contribution in [0.15, 0.2) is 12.2 Å². The summed E-state index contributed by atoms with van der Waals surface area (Å²) in [4.78, 5) is 25.1. The Morgan fingerprint density at radius 3 is 2.50 bits per heavy atom. The maximum atomic E-state index is 11.8. The molecule has 0 aromatic heterocycles. The highest BCUT2D eigenvalue weighted by molar-refractivity contribution is 7.91. The zero-order valence-electron chi connectivity index (χ0n) is 11.9. The van der Waals surface area contributed by atoms with Crippen molar-refractivity contribution in [1.29, 1.82) is 0 Å². The van der Waals surface area contributed by atoms with Crippen LogP contribution in [0.1, 0.15) is 20.3 Å². The number of carbonyl (C=O) groups is 2. The van der Waals surface area contributed by atoms with E-state index < -0.39 is 21.7 Å². The molecule has 6 nitrogen and oxygen atoms in total. The predicted octanol–water partition coefficient (Wildman–Crippen LogP) is 0.389. The first-order valence-electron chi connectivity index (χ1n) is 6.54. The molecule has 1 fully saturated rings. The first-order valence-corrected chi connectivity index (χ1v) is 8.36. The van der Waals surface area contributed by atoms with E-state index in [4.69, 9.17) is 4.74 Å². The van der Waals surface area contributed by atoms with Crippen LogP contribution in [0, 0.1) is 5.92 Å². The molecule has 1 aliphatic heterocycles. The predicted molar refractivity (Wildman–Crippen MR) is 74.8 cm³/mol. The van der Waals surface area contributed by atoms with Gasteiger partial charge in [0, 0.05) is 13.1 Å². The van der Waals surface area contributed by atoms with E-state index in [-0.39, 0.29) is 30.4 Å².